The summed E-state index contributed by atoms with van der Waals surface area (Å²) in [5.74, 6) is 0.154. The third-order valence-corrected chi connectivity index (χ3v) is 6.39. The first-order valence-corrected chi connectivity index (χ1v) is 10.1. The van der Waals surface area contributed by atoms with Gasteiger partial charge in [0.1, 0.15) is 9.88 Å². The molecule has 2 aromatic heterocycles. The van der Waals surface area contributed by atoms with Gasteiger partial charge in [-0.25, -0.2) is 4.98 Å². The summed E-state index contributed by atoms with van der Waals surface area (Å²) in [5.41, 5.74) is 1.68. The summed E-state index contributed by atoms with van der Waals surface area (Å²) in [6.45, 7) is 5.14. The summed E-state index contributed by atoms with van der Waals surface area (Å²) >= 11 is 1.42. The van der Waals surface area contributed by atoms with E-state index in [2.05, 4.69) is 15.4 Å². The van der Waals surface area contributed by atoms with Crippen LogP contribution in [0, 0.1) is 6.92 Å². The van der Waals surface area contributed by atoms with Gasteiger partial charge in [0.05, 0.1) is 18.4 Å². The van der Waals surface area contributed by atoms with Crippen LogP contribution >= 0.6 is 11.3 Å². The van der Waals surface area contributed by atoms with Gasteiger partial charge in [-0.15, -0.1) is 11.3 Å². The molecule has 0 spiro atoms. The molecule has 0 bridgehead atoms. The first-order chi connectivity index (χ1) is 13.0. The number of likely N-dealkylation sites (tertiary alicyclic amines) is 1. The van der Waals surface area contributed by atoms with E-state index >= 15 is 0 Å². The molecule has 27 heavy (non-hydrogen) atoms. The van der Waals surface area contributed by atoms with Gasteiger partial charge in [0.2, 0.25) is 5.91 Å². The van der Waals surface area contributed by atoms with Crippen LogP contribution in [0.15, 0.2) is 12.4 Å². The van der Waals surface area contributed by atoms with Crippen LogP contribution in [0.3, 0.4) is 0 Å². The number of carbonyl (C=O) groups excluding carboxylic acids is 2. The van der Waals surface area contributed by atoms with Crippen molar-refractivity contribution in [1.82, 2.24) is 29.9 Å². The predicted molar refractivity (Wildman–Crippen MR) is 103 cm³/mol. The SMILES string of the molecule is Cc1nc(-c2cnn(C)c2)sc1C(=O)N1CCCC(N2CCNCC2=O)C1. The highest BCUT2D eigenvalue weighted by atomic mass is 32.1. The van der Waals surface area contributed by atoms with Gasteiger partial charge in [-0.2, -0.15) is 5.10 Å². The normalized spacial score (nSPS) is 21.0. The molecule has 1 N–H and O–H groups in total. The van der Waals surface area contributed by atoms with E-state index in [0.29, 0.717) is 18.0 Å². The zero-order valence-corrected chi connectivity index (χ0v) is 16.5. The maximum atomic E-state index is 13.1. The van der Waals surface area contributed by atoms with Crippen molar-refractivity contribution < 1.29 is 9.59 Å². The van der Waals surface area contributed by atoms with Gasteiger partial charge >= 0.3 is 0 Å². The number of thiazole rings is 1. The highest BCUT2D eigenvalue weighted by Crippen LogP contribution is 2.29. The molecule has 2 saturated heterocycles. The molecule has 4 heterocycles. The number of rotatable bonds is 3. The molecule has 2 aliphatic rings. The van der Waals surface area contributed by atoms with Crippen molar-refractivity contribution in [1.29, 1.82) is 0 Å². The van der Waals surface area contributed by atoms with Gasteiger partial charge < -0.3 is 15.1 Å². The van der Waals surface area contributed by atoms with Crippen molar-refractivity contribution >= 4 is 23.2 Å². The number of aromatic nitrogens is 3. The maximum Gasteiger partial charge on any atom is 0.265 e. The minimum Gasteiger partial charge on any atom is -0.336 e. The Balaban J connectivity index is 1.50. The van der Waals surface area contributed by atoms with E-state index in [1.54, 1.807) is 10.9 Å². The number of piperazine rings is 1. The molecular formula is C18H24N6O2S. The van der Waals surface area contributed by atoms with E-state index in [4.69, 9.17) is 0 Å². The Morgan fingerprint density at radius 3 is 2.96 bits per heavy atom. The summed E-state index contributed by atoms with van der Waals surface area (Å²) in [6.07, 6.45) is 5.54. The highest BCUT2D eigenvalue weighted by molar-refractivity contribution is 7.17. The molecular weight excluding hydrogens is 364 g/mol. The van der Waals surface area contributed by atoms with Gasteiger partial charge in [0.15, 0.2) is 0 Å². The van der Waals surface area contributed by atoms with Crippen molar-refractivity contribution in [3.8, 4) is 10.6 Å². The van der Waals surface area contributed by atoms with Gasteiger partial charge in [-0.05, 0) is 19.8 Å². The fraction of sp³-hybridized carbons (Fsp3) is 0.556. The summed E-state index contributed by atoms with van der Waals surface area (Å²) in [7, 11) is 1.86. The summed E-state index contributed by atoms with van der Waals surface area (Å²) in [6, 6.07) is 0.114. The molecule has 2 amide bonds. The third-order valence-electron chi connectivity index (χ3n) is 5.19. The van der Waals surface area contributed by atoms with Crippen molar-refractivity contribution in [2.45, 2.75) is 25.8 Å². The van der Waals surface area contributed by atoms with E-state index in [-0.39, 0.29) is 17.9 Å². The molecule has 144 valence electrons. The second kappa shape index (κ2) is 7.40. The van der Waals surface area contributed by atoms with Crippen LogP contribution in [0.5, 0.6) is 0 Å². The quantitative estimate of drug-likeness (QED) is 0.844. The van der Waals surface area contributed by atoms with Gasteiger partial charge in [0, 0.05) is 51.0 Å². The van der Waals surface area contributed by atoms with Crippen LogP contribution in [-0.4, -0.2) is 75.1 Å². The van der Waals surface area contributed by atoms with Crippen molar-refractivity contribution in [2.75, 3.05) is 32.7 Å². The highest BCUT2D eigenvalue weighted by Gasteiger charge is 2.33. The number of hydrogen-bond acceptors (Lipinski definition) is 6. The summed E-state index contributed by atoms with van der Waals surface area (Å²) in [5, 5.41) is 8.10. The number of hydrogen-bond donors (Lipinski definition) is 1. The molecule has 0 saturated carbocycles. The standard InChI is InChI=1S/C18H24N6O2S/c1-12-16(27-17(21-12)13-8-20-22(2)10-13)18(26)23-6-3-4-14(11-23)24-7-5-19-9-15(24)25/h8,10,14,19H,3-7,9,11H2,1-2H3. The van der Waals surface area contributed by atoms with Crippen LogP contribution in [0.25, 0.3) is 10.6 Å². The zero-order valence-electron chi connectivity index (χ0n) is 15.6. The minimum absolute atomic E-state index is 0.0208. The van der Waals surface area contributed by atoms with E-state index in [1.807, 2.05) is 30.0 Å². The van der Waals surface area contributed by atoms with Crippen LogP contribution in [-0.2, 0) is 11.8 Å². The lowest BCUT2D eigenvalue weighted by atomic mass is 10.0. The zero-order chi connectivity index (χ0) is 19.0. The lowest BCUT2D eigenvalue weighted by Gasteiger charge is -2.41. The average molecular weight is 388 g/mol. The second-order valence-corrected chi connectivity index (χ2v) is 8.15. The van der Waals surface area contributed by atoms with Crippen LogP contribution in [0.2, 0.25) is 0 Å². The molecule has 4 rings (SSSR count). The van der Waals surface area contributed by atoms with Crippen LogP contribution in [0.4, 0.5) is 0 Å². The predicted octanol–water partition coefficient (Wildman–Crippen LogP) is 0.888. The largest absolute Gasteiger partial charge is 0.336 e. The molecule has 2 fully saturated rings. The Morgan fingerprint density at radius 1 is 1.37 bits per heavy atom. The molecule has 0 aliphatic carbocycles. The molecule has 2 aliphatic heterocycles. The van der Waals surface area contributed by atoms with Crippen LogP contribution < -0.4 is 5.32 Å². The van der Waals surface area contributed by atoms with Crippen molar-refractivity contribution in [2.24, 2.45) is 7.05 Å². The third kappa shape index (κ3) is 3.61. The molecule has 1 atom stereocenters. The van der Waals surface area contributed by atoms with Crippen LogP contribution in [0.1, 0.15) is 28.2 Å². The molecule has 1 unspecified atom stereocenters. The lowest BCUT2D eigenvalue weighted by Crippen LogP contribution is -2.57. The Bertz CT molecular complexity index is 860. The Kier molecular flexibility index (Phi) is 4.96. The summed E-state index contributed by atoms with van der Waals surface area (Å²) < 4.78 is 1.73. The van der Waals surface area contributed by atoms with Crippen molar-refractivity contribution in [3.05, 3.63) is 23.0 Å². The first-order valence-electron chi connectivity index (χ1n) is 9.29. The number of aryl methyl sites for hydroxylation is 2. The number of nitrogens with one attached hydrogen (secondary N) is 1. The smallest absolute Gasteiger partial charge is 0.265 e. The maximum absolute atomic E-state index is 13.1. The molecule has 0 radical (unpaired) electrons. The fourth-order valence-corrected chi connectivity index (χ4v) is 4.80. The second-order valence-electron chi connectivity index (χ2n) is 7.15. The number of carbonyl (C=O) groups is 2. The fourth-order valence-electron chi connectivity index (χ4n) is 3.79. The Morgan fingerprint density at radius 2 is 2.22 bits per heavy atom. The Labute approximate surface area is 162 Å². The van der Waals surface area contributed by atoms with Gasteiger partial charge in [0.25, 0.3) is 5.91 Å². The minimum atomic E-state index is 0.0208. The van der Waals surface area contributed by atoms with E-state index < -0.39 is 0 Å². The van der Waals surface area contributed by atoms with E-state index in [1.165, 1.54) is 11.3 Å². The molecule has 9 heteroatoms. The number of amides is 2. The van der Waals surface area contributed by atoms with Gasteiger partial charge in [-0.3, -0.25) is 14.3 Å². The monoisotopic (exact) mass is 388 g/mol. The molecule has 2 aromatic rings. The van der Waals surface area contributed by atoms with Gasteiger partial charge in [-0.1, -0.05) is 0 Å². The molecule has 0 aromatic carbocycles. The van der Waals surface area contributed by atoms with E-state index in [9.17, 15) is 9.59 Å². The van der Waals surface area contributed by atoms with Crippen molar-refractivity contribution in [3.63, 3.8) is 0 Å². The molecule has 8 nitrogen and oxygen atoms in total. The van der Waals surface area contributed by atoms with E-state index in [0.717, 1.165) is 48.7 Å². The average Bonchev–Trinajstić information content (AvgIpc) is 3.27. The first kappa shape index (κ1) is 18.1. The number of piperidine rings is 1. The Hall–Kier alpha value is -2.26. The topological polar surface area (TPSA) is 83.4 Å². The lowest BCUT2D eigenvalue weighted by molar-refractivity contribution is -0.135. The summed E-state index contributed by atoms with van der Waals surface area (Å²) in [4.78, 5) is 34.4. The number of nitrogens with zero attached hydrogens (tertiary/aromatic N) is 5.